The Labute approximate surface area is 595 Å². The lowest BCUT2D eigenvalue weighted by molar-refractivity contribution is -0.161. The van der Waals surface area contributed by atoms with Crippen molar-refractivity contribution in [2.24, 2.45) is 0 Å². The number of phosphoric acid groups is 2. The zero-order chi connectivity index (χ0) is 71.8. The zero-order valence-corrected chi connectivity index (χ0v) is 63.5. The average Bonchev–Trinajstić information content (AvgIpc) is 0.992. The average molecular weight is 1420 g/mol. The Bertz CT molecular complexity index is 2240. The molecular weight excluding hydrogens is 1280 g/mol. The van der Waals surface area contributed by atoms with Crippen LogP contribution >= 0.6 is 15.6 Å². The summed E-state index contributed by atoms with van der Waals surface area (Å²) in [6, 6.07) is 0. The highest BCUT2D eigenvalue weighted by Gasteiger charge is 2.30. The number of aliphatic hydroxyl groups excluding tert-OH is 1. The molecule has 0 aromatic rings. The second-order valence-electron chi connectivity index (χ2n) is 25.6. The maximum absolute atomic E-state index is 13.1. The fourth-order valence-corrected chi connectivity index (χ4v) is 11.7. The van der Waals surface area contributed by atoms with E-state index < -0.39 is 97.5 Å². The van der Waals surface area contributed by atoms with Crippen LogP contribution in [0.15, 0.2) is 97.2 Å². The molecule has 0 saturated heterocycles. The van der Waals surface area contributed by atoms with Gasteiger partial charge in [-0.25, -0.2) is 9.13 Å². The first kappa shape index (κ1) is 94.0. The Morgan fingerprint density at radius 2 is 0.561 bits per heavy atom. The van der Waals surface area contributed by atoms with E-state index in [2.05, 4.69) is 125 Å². The number of carbonyl (C=O) groups is 4. The third-order valence-electron chi connectivity index (χ3n) is 16.0. The predicted molar refractivity (Wildman–Crippen MR) is 399 cm³/mol. The van der Waals surface area contributed by atoms with Gasteiger partial charge in [-0.3, -0.25) is 37.3 Å². The van der Waals surface area contributed by atoms with Crippen molar-refractivity contribution in [1.29, 1.82) is 0 Å². The van der Waals surface area contributed by atoms with E-state index >= 15 is 0 Å². The summed E-state index contributed by atoms with van der Waals surface area (Å²) in [4.78, 5) is 72.8. The second-order valence-corrected chi connectivity index (χ2v) is 28.5. The van der Waals surface area contributed by atoms with Crippen molar-refractivity contribution in [1.82, 2.24) is 0 Å². The maximum atomic E-state index is 13.1. The van der Waals surface area contributed by atoms with Gasteiger partial charge in [-0.15, -0.1) is 0 Å². The largest absolute Gasteiger partial charge is 0.472 e. The van der Waals surface area contributed by atoms with Gasteiger partial charge in [-0.1, -0.05) is 279 Å². The van der Waals surface area contributed by atoms with Gasteiger partial charge in [0.25, 0.3) is 0 Å². The van der Waals surface area contributed by atoms with Gasteiger partial charge in [0.1, 0.15) is 19.3 Å². The summed E-state index contributed by atoms with van der Waals surface area (Å²) in [7, 11) is -9.95. The third kappa shape index (κ3) is 70.4. The topological polar surface area (TPSA) is 237 Å². The minimum Gasteiger partial charge on any atom is -0.462 e. The van der Waals surface area contributed by atoms with Crippen molar-refractivity contribution in [3.05, 3.63) is 97.2 Å². The predicted octanol–water partition coefficient (Wildman–Crippen LogP) is 22.0. The van der Waals surface area contributed by atoms with E-state index in [-0.39, 0.29) is 25.7 Å². The number of aliphatic hydroxyl groups is 1. The lowest BCUT2D eigenvalue weighted by Gasteiger charge is -2.21. The molecule has 0 aromatic heterocycles. The number of hydrogen-bond donors (Lipinski definition) is 3. The van der Waals surface area contributed by atoms with Gasteiger partial charge in [-0.2, -0.15) is 0 Å². The van der Waals surface area contributed by atoms with E-state index in [0.29, 0.717) is 25.7 Å². The van der Waals surface area contributed by atoms with Crippen molar-refractivity contribution in [2.45, 2.75) is 341 Å². The highest BCUT2D eigenvalue weighted by atomic mass is 31.2. The van der Waals surface area contributed by atoms with Crippen LogP contribution in [0, 0.1) is 0 Å². The molecule has 0 aliphatic rings. The Hall–Kier alpha value is -4.02. The molecule has 0 aliphatic heterocycles. The van der Waals surface area contributed by atoms with Crippen LogP contribution in [-0.4, -0.2) is 96.7 Å². The highest BCUT2D eigenvalue weighted by molar-refractivity contribution is 7.47. The van der Waals surface area contributed by atoms with Gasteiger partial charge in [0, 0.05) is 25.7 Å². The lowest BCUT2D eigenvalue weighted by Crippen LogP contribution is -2.30. The Kier molecular flexibility index (Phi) is 68.4. The summed E-state index contributed by atoms with van der Waals surface area (Å²) in [6.45, 7) is 4.62. The number of carbonyl (C=O) groups excluding carboxylic acids is 4. The minimum absolute atomic E-state index is 0.0816. The molecule has 0 bridgehead atoms. The molecule has 0 amide bonds. The lowest BCUT2D eigenvalue weighted by atomic mass is 10.0. The first-order valence-electron chi connectivity index (χ1n) is 38.5. The van der Waals surface area contributed by atoms with Crippen LogP contribution in [0.5, 0.6) is 0 Å². The molecule has 0 fully saturated rings. The zero-order valence-electron chi connectivity index (χ0n) is 61.7. The number of ether oxygens (including phenoxy) is 4. The highest BCUT2D eigenvalue weighted by Crippen LogP contribution is 2.45. The van der Waals surface area contributed by atoms with Crippen LogP contribution in [0.2, 0.25) is 0 Å². The molecule has 5 unspecified atom stereocenters. The Morgan fingerprint density at radius 3 is 0.908 bits per heavy atom. The van der Waals surface area contributed by atoms with Gasteiger partial charge < -0.3 is 33.8 Å². The summed E-state index contributed by atoms with van der Waals surface area (Å²) in [6.07, 6.45) is 74.0. The molecule has 0 saturated carbocycles. The summed E-state index contributed by atoms with van der Waals surface area (Å²) in [5.74, 6) is -2.22. The van der Waals surface area contributed by atoms with Crippen LogP contribution in [0.3, 0.4) is 0 Å². The quantitative estimate of drug-likeness (QED) is 0.0169. The maximum Gasteiger partial charge on any atom is 0.472 e. The molecular formula is C79H138O17P2. The number of unbranched alkanes of at least 4 members (excludes halogenated alkanes) is 30. The molecule has 5 atom stereocenters. The van der Waals surface area contributed by atoms with Crippen molar-refractivity contribution in [3.63, 3.8) is 0 Å². The Morgan fingerprint density at radius 1 is 0.296 bits per heavy atom. The van der Waals surface area contributed by atoms with E-state index in [1.54, 1.807) is 0 Å². The van der Waals surface area contributed by atoms with Crippen LogP contribution < -0.4 is 0 Å². The first-order valence-corrected chi connectivity index (χ1v) is 41.5. The number of rotatable bonds is 72. The third-order valence-corrected chi connectivity index (χ3v) is 17.9. The number of allylic oxidation sites excluding steroid dienone is 16. The molecule has 0 radical (unpaired) electrons. The molecule has 0 spiro atoms. The fraction of sp³-hybridized carbons (Fsp3) is 0.747. The van der Waals surface area contributed by atoms with Crippen LogP contribution in [-0.2, 0) is 65.4 Å². The molecule has 0 aromatic carbocycles. The second kappa shape index (κ2) is 71.4. The standard InChI is InChI=1S/C79H138O17P2/c1-5-9-13-17-21-25-29-32-34-35-36-37-39-41-45-48-52-56-60-64-77(82)90-70-75(96-79(84)66-62-58-54-50-46-42-38-33-30-26-22-18-14-10-6-2)72-94-98(87,88)92-68-73(80)67-91-97(85,86)93-71-74(95-78(83)65-61-57-53-49-43-28-24-20-16-12-8-4)69-89-76(81)63-59-55-51-47-44-40-31-27-23-19-15-11-7-3/h9,13,15,19-21,24-25,27,31-32,34,36-37,41,45,73-75,80H,5-8,10-12,14,16-18,22-23,26,28-30,33,35,38-40,42-44,46-72H2,1-4H3,(H,85,86)(H,87,88)/b13-9-,19-15-,24-20-,25-21-,31-27-,34-32-,37-36-,45-41-. The molecule has 19 heteroatoms. The van der Waals surface area contributed by atoms with Crippen LogP contribution in [0.4, 0.5) is 0 Å². The summed E-state index contributed by atoms with van der Waals surface area (Å²) < 4.78 is 68.4. The van der Waals surface area contributed by atoms with Crippen molar-refractivity contribution < 1.29 is 80.2 Å². The molecule has 98 heavy (non-hydrogen) atoms. The molecule has 0 aliphatic carbocycles. The van der Waals surface area contributed by atoms with Crippen LogP contribution in [0.25, 0.3) is 0 Å². The van der Waals surface area contributed by atoms with Gasteiger partial charge in [0.15, 0.2) is 12.2 Å². The molecule has 17 nitrogen and oxygen atoms in total. The molecule has 0 heterocycles. The normalized spacial score (nSPS) is 14.5. The van der Waals surface area contributed by atoms with Crippen molar-refractivity contribution in [3.8, 4) is 0 Å². The van der Waals surface area contributed by atoms with E-state index in [4.69, 9.17) is 37.0 Å². The van der Waals surface area contributed by atoms with Gasteiger partial charge in [-0.05, 0) is 116 Å². The van der Waals surface area contributed by atoms with E-state index in [0.717, 1.165) is 167 Å². The monoisotopic (exact) mass is 1420 g/mol. The molecule has 3 N–H and O–H groups in total. The number of esters is 4. The smallest absolute Gasteiger partial charge is 0.462 e. The minimum atomic E-state index is -4.98. The van der Waals surface area contributed by atoms with Crippen molar-refractivity contribution >= 4 is 39.5 Å². The molecule has 0 rings (SSSR count). The van der Waals surface area contributed by atoms with Crippen molar-refractivity contribution in [2.75, 3.05) is 39.6 Å². The van der Waals surface area contributed by atoms with E-state index in [1.807, 2.05) is 0 Å². The molecule has 566 valence electrons. The van der Waals surface area contributed by atoms with Gasteiger partial charge in [0.05, 0.1) is 26.4 Å². The van der Waals surface area contributed by atoms with Gasteiger partial charge in [0.2, 0.25) is 0 Å². The van der Waals surface area contributed by atoms with Gasteiger partial charge >= 0.3 is 39.5 Å². The van der Waals surface area contributed by atoms with E-state index in [9.17, 15) is 43.2 Å². The summed E-state index contributed by atoms with van der Waals surface area (Å²) in [5, 5.41) is 10.6. The fourth-order valence-electron chi connectivity index (χ4n) is 10.1. The number of hydrogen-bond acceptors (Lipinski definition) is 15. The summed E-state index contributed by atoms with van der Waals surface area (Å²) in [5.41, 5.74) is 0. The van der Waals surface area contributed by atoms with Crippen LogP contribution in [0.1, 0.15) is 323 Å². The number of phosphoric ester groups is 2. The Balaban J connectivity index is 5.35. The SMILES string of the molecule is CC/C=C\C/C=C\C/C=C\C/C=C\C/C=C\CCCCCC(=O)OCC(COP(=O)(O)OCC(O)COP(=O)(O)OCC(COC(=O)CCCCCCC/C=C\C/C=C\CCC)OC(=O)CCCCCCC/C=C\CCCC)OC(=O)CCCCCCCCCCCCCCCCC. The van der Waals surface area contributed by atoms with E-state index in [1.165, 1.54) is 77.0 Å². The summed E-state index contributed by atoms with van der Waals surface area (Å²) >= 11 is 0. The first-order chi connectivity index (χ1) is 47.7.